The Balaban J connectivity index is 2.03. The molecule has 1 heterocycles. The molecule has 0 saturated heterocycles. The highest BCUT2D eigenvalue weighted by Crippen LogP contribution is 2.32. The molecule has 2 rings (SSSR count). The maximum absolute atomic E-state index is 13.0. The number of hydrogen-bond acceptors (Lipinski definition) is 4. The van der Waals surface area contributed by atoms with Crippen molar-refractivity contribution in [2.45, 2.75) is 53.5 Å². The summed E-state index contributed by atoms with van der Waals surface area (Å²) in [4.78, 5) is 28.9. The van der Waals surface area contributed by atoms with Gasteiger partial charge in [0.25, 0.3) is 11.8 Å². The molecular weight excluding hydrogens is 382 g/mol. The molecule has 1 aromatic heterocycles. The zero-order chi connectivity index (χ0) is 21.4. The Morgan fingerprint density at radius 1 is 1.07 bits per heavy atom. The number of hydrogen-bond donors (Lipinski definition) is 2. The van der Waals surface area contributed by atoms with Crippen LogP contribution in [0.15, 0.2) is 30.3 Å². The lowest BCUT2D eigenvalue weighted by Gasteiger charge is -2.20. The van der Waals surface area contributed by atoms with E-state index in [4.69, 9.17) is 0 Å². The van der Waals surface area contributed by atoms with Gasteiger partial charge < -0.3 is 15.5 Å². The molecule has 1 aromatic carbocycles. The number of carbonyl (C=O) groups excluding carboxylic acids is 2. The van der Waals surface area contributed by atoms with Gasteiger partial charge in [-0.25, -0.2) is 0 Å². The number of nitrogens with zero attached hydrogens (tertiary/aromatic N) is 1. The molecule has 1 atom stereocenters. The van der Waals surface area contributed by atoms with Gasteiger partial charge in [-0.2, -0.15) is 0 Å². The van der Waals surface area contributed by atoms with Gasteiger partial charge in [0.1, 0.15) is 5.00 Å². The van der Waals surface area contributed by atoms with E-state index in [0.29, 0.717) is 16.1 Å². The molecule has 0 radical (unpaired) electrons. The molecule has 2 amide bonds. The van der Waals surface area contributed by atoms with E-state index in [0.717, 1.165) is 42.9 Å². The summed E-state index contributed by atoms with van der Waals surface area (Å²) in [6.45, 7) is 13.4. The Bertz CT molecular complexity index is 813. The molecule has 0 aliphatic heterocycles. The van der Waals surface area contributed by atoms with Crippen LogP contribution < -0.4 is 10.6 Å². The number of thiophene rings is 1. The van der Waals surface area contributed by atoms with Crippen molar-refractivity contribution >= 4 is 28.2 Å². The van der Waals surface area contributed by atoms with Gasteiger partial charge in [-0.15, -0.1) is 11.3 Å². The fourth-order valence-corrected chi connectivity index (χ4v) is 4.34. The summed E-state index contributed by atoms with van der Waals surface area (Å²) >= 11 is 1.45. The number of rotatable bonds is 10. The smallest absolute Gasteiger partial charge is 0.256 e. The number of amides is 2. The first-order valence-electron chi connectivity index (χ1n) is 10.4. The van der Waals surface area contributed by atoms with Crippen LogP contribution in [-0.4, -0.2) is 42.4 Å². The lowest BCUT2D eigenvalue weighted by molar-refractivity contribution is 0.0938. The van der Waals surface area contributed by atoms with Crippen LogP contribution in [0.4, 0.5) is 5.00 Å². The van der Waals surface area contributed by atoms with Gasteiger partial charge in [-0.05, 0) is 70.9 Å². The van der Waals surface area contributed by atoms with Crippen LogP contribution in [0.25, 0.3) is 0 Å². The van der Waals surface area contributed by atoms with E-state index in [-0.39, 0.29) is 17.9 Å². The predicted molar refractivity (Wildman–Crippen MR) is 122 cm³/mol. The summed E-state index contributed by atoms with van der Waals surface area (Å²) in [6.07, 6.45) is 1.97. The summed E-state index contributed by atoms with van der Waals surface area (Å²) < 4.78 is 0. The Kier molecular flexibility index (Phi) is 8.86. The standard InChI is InChI=1S/C23H33N3O2S/c1-6-26(7-2)15-11-12-16(3)24-22(28)20-17(4)18(5)29-23(20)25-21(27)19-13-9-8-10-14-19/h8-10,13-14,16H,6-7,11-12,15H2,1-5H3,(H,24,28)(H,25,27)/t16-/m0/s1. The van der Waals surface area contributed by atoms with Gasteiger partial charge in [0.15, 0.2) is 0 Å². The second kappa shape index (κ2) is 11.1. The maximum atomic E-state index is 13.0. The summed E-state index contributed by atoms with van der Waals surface area (Å²) in [5.74, 6) is -0.321. The zero-order valence-corrected chi connectivity index (χ0v) is 19.0. The summed E-state index contributed by atoms with van der Waals surface area (Å²) in [7, 11) is 0. The van der Waals surface area contributed by atoms with Crippen LogP contribution >= 0.6 is 11.3 Å². The normalized spacial score (nSPS) is 12.1. The molecule has 2 aromatic rings. The van der Waals surface area contributed by atoms with Crippen molar-refractivity contribution in [3.63, 3.8) is 0 Å². The Morgan fingerprint density at radius 2 is 1.72 bits per heavy atom. The maximum Gasteiger partial charge on any atom is 0.256 e. The third kappa shape index (κ3) is 6.41. The molecule has 29 heavy (non-hydrogen) atoms. The summed E-state index contributed by atoms with van der Waals surface area (Å²) in [5, 5.41) is 6.65. The highest BCUT2D eigenvalue weighted by molar-refractivity contribution is 7.16. The quantitative estimate of drug-likeness (QED) is 0.583. The average molecular weight is 416 g/mol. The molecule has 0 saturated carbocycles. The van der Waals surface area contributed by atoms with E-state index in [2.05, 4.69) is 29.4 Å². The van der Waals surface area contributed by atoms with Crippen LogP contribution in [0.1, 0.15) is 64.8 Å². The molecule has 0 aliphatic carbocycles. The van der Waals surface area contributed by atoms with Crippen molar-refractivity contribution in [3.8, 4) is 0 Å². The minimum atomic E-state index is -0.201. The van der Waals surface area contributed by atoms with Gasteiger partial charge >= 0.3 is 0 Å². The van der Waals surface area contributed by atoms with Crippen molar-refractivity contribution in [1.82, 2.24) is 10.2 Å². The Hall–Kier alpha value is -2.18. The molecule has 0 fully saturated rings. The third-order valence-corrected chi connectivity index (χ3v) is 6.38. The molecular formula is C23H33N3O2S. The van der Waals surface area contributed by atoms with Gasteiger partial charge in [-0.1, -0.05) is 32.0 Å². The molecule has 0 unspecified atom stereocenters. The average Bonchev–Trinajstić information content (AvgIpc) is 2.99. The molecule has 6 heteroatoms. The minimum Gasteiger partial charge on any atom is -0.349 e. The number of anilines is 1. The Labute approximate surface area is 178 Å². The highest BCUT2D eigenvalue weighted by atomic mass is 32.1. The van der Waals surface area contributed by atoms with Crippen molar-refractivity contribution in [2.75, 3.05) is 25.0 Å². The van der Waals surface area contributed by atoms with Crippen LogP contribution in [-0.2, 0) is 0 Å². The van der Waals surface area contributed by atoms with E-state index >= 15 is 0 Å². The van der Waals surface area contributed by atoms with Crippen LogP contribution in [0, 0.1) is 13.8 Å². The fourth-order valence-electron chi connectivity index (χ4n) is 3.28. The van der Waals surface area contributed by atoms with Gasteiger partial charge in [0.2, 0.25) is 0 Å². The monoisotopic (exact) mass is 415 g/mol. The first kappa shape index (κ1) is 23.1. The topological polar surface area (TPSA) is 61.4 Å². The SMILES string of the molecule is CCN(CC)CCC[C@H](C)NC(=O)c1c(NC(=O)c2ccccc2)sc(C)c1C. The number of benzene rings is 1. The molecule has 2 N–H and O–H groups in total. The van der Waals surface area contributed by atoms with Crippen molar-refractivity contribution in [1.29, 1.82) is 0 Å². The first-order chi connectivity index (χ1) is 13.9. The molecule has 5 nitrogen and oxygen atoms in total. The van der Waals surface area contributed by atoms with Gasteiger partial charge in [-0.3, -0.25) is 9.59 Å². The van der Waals surface area contributed by atoms with Crippen LogP contribution in [0.5, 0.6) is 0 Å². The fraction of sp³-hybridized carbons (Fsp3) is 0.478. The molecule has 0 aliphatic rings. The number of nitrogens with one attached hydrogen (secondary N) is 2. The van der Waals surface area contributed by atoms with E-state index in [1.807, 2.05) is 39.0 Å². The first-order valence-corrected chi connectivity index (χ1v) is 11.2. The second-order valence-corrected chi connectivity index (χ2v) is 8.58. The Morgan fingerprint density at radius 3 is 2.34 bits per heavy atom. The number of carbonyl (C=O) groups is 2. The largest absolute Gasteiger partial charge is 0.349 e. The molecule has 0 bridgehead atoms. The van der Waals surface area contributed by atoms with Gasteiger partial charge in [0, 0.05) is 16.5 Å². The number of aryl methyl sites for hydroxylation is 1. The predicted octanol–water partition coefficient (Wildman–Crippen LogP) is 4.86. The highest BCUT2D eigenvalue weighted by Gasteiger charge is 2.22. The molecule has 158 valence electrons. The summed E-state index contributed by atoms with van der Waals surface area (Å²) in [6, 6.07) is 9.13. The minimum absolute atomic E-state index is 0.0790. The second-order valence-electron chi connectivity index (χ2n) is 7.35. The zero-order valence-electron chi connectivity index (χ0n) is 18.2. The van der Waals surface area contributed by atoms with Crippen molar-refractivity contribution in [2.24, 2.45) is 0 Å². The van der Waals surface area contributed by atoms with E-state index in [1.54, 1.807) is 12.1 Å². The third-order valence-electron chi connectivity index (χ3n) is 5.26. The van der Waals surface area contributed by atoms with Gasteiger partial charge in [0.05, 0.1) is 5.56 Å². The van der Waals surface area contributed by atoms with Crippen molar-refractivity contribution in [3.05, 3.63) is 51.9 Å². The molecule has 0 spiro atoms. The van der Waals surface area contributed by atoms with E-state index in [1.165, 1.54) is 11.3 Å². The lowest BCUT2D eigenvalue weighted by atomic mass is 10.1. The van der Waals surface area contributed by atoms with Crippen LogP contribution in [0.2, 0.25) is 0 Å². The van der Waals surface area contributed by atoms with Crippen molar-refractivity contribution < 1.29 is 9.59 Å². The van der Waals surface area contributed by atoms with E-state index in [9.17, 15) is 9.59 Å². The van der Waals surface area contributed by atoms with Crippen LogP contribution in [0.3, 0.4) is 0 Å². The summed E-state index contributed by atoms with van der Waals surface area (Å²) in [5.41, 5.74) is 2.07. The van der Waals surface area contributed by atoms with E-state index < -0.39 is 0 Å². The lowest BCUT2D eigenvalue weighted by Crippen LogP contribution is -2.34.